The van der Waals surface area contributed by atoms with Crippen molar-refractivity contribution in [2.24, 2.45) is 0 Å². The SMILES string of the molecule is COc1ccc(Cn2nc(-c3ccccc3)ccc2=O)cc1. The summed E-state index contributed by atoms with van der Waals surface area (Å²) in [6.07, 6.45) is 0. The average molecular weight is 292 g/mol. The first-order chi connectivity index (χ1) is 10.8. The molecular weight excluding hydrogens is 276 g/mol. The van der Waals surface area contributed by atoms with Gasteiger partial charge in [0.15, 0.2) is 0 Å². The zero-order valence-corrected chi connectivity index (χ0v) is 12.3. The molecule has 0 fully saturated rings. The second kappa shape index (κ2) is 6.26. The standard InChI is InChI=1S/C18H16N2O2/c1-22-16-9-7-14(8-10-16)13-20-18(21)12-11-17(19-20)15-5-3-2-4-6-15/h2-12H,13H2,1H3. The van der Waals surface area contributed by atoms with E-state index in [1.54, 1.807) is 19.2 Å². The monoisotopic (exact) mass is 292 g/mol. The quantitative estimate of drug-likeness (QED) is 0.742. The summed E-state index contributed by atoms with van der Waals surface area (Å²) < 4.78 is 6.61. The Bertz CT molecular complexity index is 808. The Labute approximate surface area is 128 Å². The molecule has 0 aliphatic carbocycles. The molecule has 0 spiro atoms. The molecule has 0 amide bonds. The highest BCUT2D eigenvalue weighted by Crippen LogP contribution is 2.15. The molecule has 0 atom stereocenters. The van der Waals surface area contributed by atoms with Crippen LogP contribution >= 0.6 is 0 Å². The molecule has 3 aromatic rings. The summed E-state index contributed by atoms with van der Waals surface area (Å²) in [6.45, 7) is 0.434. The summed E-state index contributed by atoms with van der Waals surface area (Å²) >= 11 is 0. The normalized spacial score (nSPS) is 10.4. The van der Waals surface area contributed by atoms with Gasteiger partial charge in [0.25, 0.3) is 5.56 Å². The lowest BCUT2D eigenvalue weighted by atomic mass is 10.1. The van der Waals surface area contributed by atoms with Gasteiger partial charge in [0.2, 0.25) is 0 Å². The summed E-state index contributed by atoms with van der Waals surface area (Å²) in [6, 6.07) is 20.7. The first-order valence-electron chi connectivity index (χ1n) is 7.03. The van der Waals surface area contributed by atoms with E-state index in [9.17, 15) is 4.79 Å². The number of hydrogen-bond acceptors (Lipinski definition) is 3. The van der Waals surface area contributed by atoms with Crippen molar-refractivity contribution in [1.82, 2.24) is 9.78 Å². The van der Waals surface area contributed by atoms with E-state index in [0.717, 1.165) is 22.6 Å². The van der Waals surface area contributed by atoms with Crippen LogP contribution in [0.5, 0.6) is 5.75 Å². The van der Waals surface area contributed by atoms with Crippen LogP contribution in [0.4, 0.5) is 0 Å². The molecule has 1 heterocycles. The summed E-state index contributed by atoms with van der Waals surface area (Å²) in [5.41, 5.74) is 2.66. The zero-order chi connectivity index (χ0) is 15.4. The van der Waals surface area contributed by atoms with Crippen LogP contribution in [-0.2, 0) is 6.54 Å². The van der Waals surface area contributed by atoms with E-state index >= 15 is 0 Å². The fourth-order valence-electron chi connectivity index (χ4n) is 2.23. The van der Waals surface area contributed by atoms with Gasteiger partial charge in [-0.15, -0.1) is 0 Å². The Hall–Kier alpha value is -2.88. The number of hydrogen-bond donors (Lipinski definition) is 0. The Kier molecular flexibility index (Phi) is 4.01. The second-order valence-corrected chi connectivity index (χ2v) is 4.93. The predicted molar refractivity (Wildman–Crippen MR) is 86.0 cm³/mol. The first-order valence-corrected chi connectivity index (χ1v) is 7.03. The van der Waals surface area contributed by atoms with Crippen LogP contribution in [0.25, 0.3) is 11.3 Å². The third-order valence-electron chi connectivity index (χ3n) is 3.43. The van der Waals surface area contributed by atoms with Crippen molar-refractivity contribution in [1.29, 1.82) is 0 Å². The van der Waals surface area contributed by atoms with E-state index in [2.05, 4.69) is 5.10 Å². The lowest BCUT2D eigenvalue weighted by Gasteiger charge is -2.08. The smallest absolute Gasteiger partial charge is 0.267 e. The van der Waals surface area contributed by atoms with Gasteiger partial charge in [-0.25, -0.2) is 4.68 Å². The molecular formula is C18H16N2O2. The maximum absolute atomic E-state index is 12.0. The van der Waals surface area contributed by atoms with Gasteiger partial charge in [-0.2, -0.15) is 5.10 Å². The number of nitrogens with zero attached hydrogens (tertiary/aromatic N) is 2. The second-order valence-electron chi connectivity index (χ2n) is 4.93. The van der Waals surface area contributed by atoms with E-state index in [4.69, 9.17) is 4.74 Å². The van der Waals surface area contributed by atoms with Crippen LogP contribution in [0, 0.1) is 0 Å². The highest BCUT2D eigenvalue weighted by Gasteiger charge is 2.04. The van der Waals surface area contributed by atoms with Crippen molar-refractivity contribution in [2.45, 2.75) is 6.54 Å². The number of methoxy groups -OCH3 is 1. The fourth-order valence-corrected chi connectivity index (χ4v) is 2.23. The van der Waals surface area contributed by atoms with Crippen molar-refractivity contribution in [2.75, 3.05) is 7.11 Å². The van der Waals surface area contributed by atoms with Gasteiger partial charge in [0.1, 0.15) is 5.75 Å². The Morgan fingerprint density at radius 3 is 2.36 bits per heavy atom. The van der Waals surface area contributed by atoms with Crippen LogP contribution in [0.2, 0.25) is 0 Å². The molecule has 0 aliphatic rings. The van der Waals surface area contributed by atoms with E-state index < -0.39 is 0 Å². The summed E-state index contributed by atoms with van der Waals surface area (Å²) in [5.74, 6) is 0.794. The number of rotatable bonds is 4. The lowest BCUT2D eigenvalue weighted by molar-refractivity contribution is 0.414. The topological polar surface area (TPSA) is 44.1 Å². The average Bonchev–Trinajstić information content (AvgIpc) is 2.58. The molecule has 0 saturated carbocycles. The van der Waals surface area contributed by atoms with E-state index in [0.29, 0.717) is 6.54 Å². The van der Waals surface area contributed by atoms with Crippen LogP contribution in [0.3, 0.4) is 0 Å². The molecule has 0 unspecified atom stereocenters. The highest BCUT2D eigenvalue weighted by atomic mass is 16.5. The molecule has 4 heteroatoms. The van der Waals surface area contributed by atoms with Crippen LogP contribution in [-0.4, -0.2) is 16.9 Å². The number of benzene rings is 2. The van der Waals surface area contributed by atoms with Crippen LogP contribution in [0.15, 0.2) is 71.5 Å². The minimum Gasteiger partial charge on any atom is -0.497 e. The van der Waals surface area contributed by atoms with Crippen molar-refractivity contribution < 1.29 is 4.74 Å². The Balaban J connectivity index is 1.91. The van der Waals surface area contributed by atoms with E-state index in [1.807, 2.05) is 54.6 Å². The zero-order valence-electron chi connectivity index (χ0n) is 12.3. The van der Waals surface area contributed by atoms with Crippen molar-refractivity contribution in [3.63, 3.8) is 0 Å². The summed E-state index contributed by atoms with van der Waals surface area (Å²) in [7, 11) is 1.63. The first kappa shape index (κ1) is 14.1. The van der Waals surface area contributed by atoms with Gasteiger partial charge < -0.3 is 4.74 Å². The summed E-state index contributed by atoms with van der Waals surface area (Å²) in [5, 5.41) is 4.45. The van der Waals surface area contributed by atoms with Crippen molar-refractivity contribution in [3.05, 3.63) is 82.6 Å². The third kappa shape index (κ3) is 3.06. The fraction of sp³-hybridized carbons (Fsp3) is 0.111. The molecule has 0 N–H and O–H groups in total. The number of ether oxygens (including phenoxy) is 1. The van der Waals surface area contributed by atoms with Crippen LogP contribution < -0.4 is 10.3 Å². The molecule has 0 aliphatic heterocycles. The maximum atomic E-state index is 12.0. The molecule has 3 rings (SSSR count). The van der Waals surface area contributed by atoms with Gasteiger partial charge in [0, 0.05) is 11.6 Å². The molecule has 22 heavy (non-hydrogen) atoms. The van der Waals surface area contributed by atoms with Crippen molar-refractivity contribution in [3.8, 4) is 17.0 Å². The summed E-state index contributed by atoms with van der Waals surface area (Å²) in [4.78, 5) is 12.0. The van der Waals surface area contributed by atoms with Crippen molar-refractivity contribution >= 4 is 0 Å². The van der Waals surface area contributed by atoms with E-state index in [1.165, 1.54) is 4.68 Å². The molecule has 4 nitrogen and oxygen atoms in total. The van der Waals surface area contributed by atoms with Gasteiger partial charge in [0.05, 0.1) is 19.3 Å². The molecule has 0 saturated heterocycles. The molecule has 1 aromatic heterocycles. The number of aromatic nitrogens is 2. The van der Waals surface area contributed by atoms with Gasteiger partial charge in [-0.05, 0) is 23.8 Å². The highest BCUT2D eigenvalue weighted by molar-refractivity contribution is 5.57. The Morgan fingerprint density at radius 2 is 1.68 bits per heavy atom. The van der Waals surface area contributed by atoms with Gasteiger partial charge in [-0.3, -0.25) is 4.79 Å². The lowest BCUT2D eigenvalue weighted by Crippen LogP contribution is -2.22. The van der Waals surface area contributed by atoms with Crippen LogP contribution in [0.1, 0.15) is 5.56 Å². The molecule has 110 valence electrons. The molecule has 0 radical (unpaired) electrons. The maximum Gasteiger partial charge on any atom is 0.267 e. The minimum absolute atomic E-state index is 0.115. The molecule has 2 aromatic carbocycles. The van der Waals surface area contributed by atoms with Gasteiger partial charge in [-0.1, -0.05) is 42.5 Å². The minimum atomic E-state index is -0.115. The van der Waals surface area contributed by atoms with E-state index in [-0.39, 0.29) is 5.56 Å². The largest absolute Gasteiger partial charge is 0.497 e. The van der Waals surface area contributed by atoms with Gasteiger partial charge >= 0.3 is 0 Å². The Morgan fingerprint density at radius 1 is 0.955 bits per heavy atom. The third-order valence-corrected chi connectivity index (χ3v) is 3.43. The predicted octanol–water partition coefficient (Wildman–Crippen LogP) is 2.97. The molecule has 0 bridgehead atoms.